The van der Waals surface area contributed by atoms with Gasteiger partial charge in [-0.05, 0) is 12.8 Å². The summed E-state index contributed by atoms with van der Waals surface area (Å²) >= 11 is 0. The lowest BCUT2D eigenvalue weighted by Crippen LogP contribution is -2.52. The van der Waals surface area contributed by atoms with Crippen LogP contribution in [-0.4, -0.2) is 24.7 Å². The molecule has 0 radical (unpaired) electrons. The number of Topliss-reactive ketones (excluding diaryl/α,β-unsaturated/α-hetero) is 1. The zero-order valence-corrected chi connectivity index (χ0v) is 7.73. The summed E-state index contributed by atoms with van der Waals surface area (Å²) in [6.07, 6.45) is -4.18. The van der Waals surface area contributed by atoms with Gasteiger partial charge < -0.3 is 4.74 Å². The van der Waals surface area contributed by atoms with Crippen LogP contribution in [0.2, 0.25) is 0 Å². The Bertz CT molecular complexity index is 274. The third-order valence-corrected chi connectivity index (χ3v) is 3.53. The molecule has 3 unspecified atom stereocenters. The quantitative estimate of drug-likeness (QED) is 0.658. The molecule has 0 aromatic carbocycles. The molecule has 5 heteroatoms. The first kappa shape index (κ1) is 9.96. The molecule has 0 N–H and O–H groups in total. The number of halogens is 3. The molecular weight excluding hydrogens is 197 g/mol. The van der Waals surface area contributed by atoms with Crippen molar-refractivity contribution in [2.24, 2.45) is 11.8 Å². The first-order chi connectivity index (χ1) is 6.40. The summed E-state index contributed by atoms with van der Waals surface area (Å²) in [5.41, 5.74) is -2.05. The number of alkyl halides is 3. The number of rotatable bonds is 1. The Morgan fingerprint density at radius 1 is 1.50 bits per heavy atom. The summed E-state index contributed by atoms with van der Waals surface area (Å²) in [5, 5.41) is 0. The molecule has 2 bridgehead atoms. The normalized spacial score (nSPS) is 42.1. The zero-order chi connectivity index (χ0) is 10.6. The molecular formula is C9H11F3O2. The largest absolute Gasteiger partial charge is 0.417 e. The van der Waals surface area contributed by atoms with Crippen molar-refractivity contribution >= 4 is 5.78 Å². The van der Waals surface area contributed by atoms with Gasteiger partial charge in [-0.25, -0.2) is 0 Å². The number of ketones is 1. The van der Waals surface area contributed by atoms with Gasteiger partial charge in [-0.3, -0.25) is 4.79 Å². The van der Waals surface area contributed by atoms with Crippen LogP contribution in [0.25, 0.3) is 0 Å². The van der Waals surface area contributed by atoms with E-state index in [1.807, 2.05) is 0 Å². The topological polar surface area (TPSA) is 26.3 Å². The van der Waals surface area contributed by atoms with Crippen molar-refractivity contribution in [3.63, 3.8) is 0 Å². The van der Waals surface area contributed by atoms with E-state index in [0.29, 0.717) is 6.42 Å². The summed E-state index contributed by atoms with van der Waals surface area (Å²) in [6, 6.07) is 0. The molecule has 2 aliphatic carbocycles. The van der Waals surface area contributed by atoms with Crippen LogP contribution in [0.5, 0.6) is 0 Å². The van der Waals surface area contributed by atoms with Gasteiger partial charge in [0.05, 0.1) is 0 Å². The van der Waals surface area contributed by atoms with Crippen LogP contribution in [0.4, 0.5) is 13.2 Å². The minimum absolute atomic E-state index is 0.0258. The van der Waals surface area contributed by atoms with Crippen LogP contribution in [0.3, 0.4) is 0 Å². The molecule has 2 nitrogen and oxygen atoms in total. The number of methoxy groups -OCH3 is 1. The fraction of sp³-hybridized carbons (Fsp3) is 0.889. The van der Waals surface area contributed by atoms with Gasteiger partial charge in [0, 0.05) is 25.4 Å². The lowest BCUT2D eigenvalue weighted by molar-refractivity contribution is -0.285. The highest BCUT2D eigenvalue weighted by Crippen LogP contribution is 2.57. The van der Waals surface area contributed by atoms with Crippen molar-refractivity contribution in [3.05, 3.63) is 0 Å². The van der Waals surface area contributed by atoms with Gasteiger partial charge >= 0.3 is 6.18 Å². The van der Waals surface area contributed by atoms with E-state index in [9.17, 15) is 18.0 Å². The molecule has 14 heavy (non-hydrogen) atoms. The van der Waals surface area contributed by atoms with Crippen LogP contribution in [0.1, 0.15) is 19.3 Å². The molecule has 2 saturated carbocycles. The molecule has 0 aromatic rings. The second kappa shape index (κ2) is 2.72. The summed E-state index contributed by atoms with van der Waals surface area (Å²) in [4.78, 5) is 11.1. The molecule has 0 saturated heterocycles. The number of hydrogen-bond donors (Lipinski definition) is 0. The van der Waals surface area contributed by atoms with Crippen molar-refractivity contribution in [1.29, 1.82) is 0 Å². The van der Waals surface area contributed by atoms with Gasteiger partial charge in [-0.2, -0.15) is 13.2 Å². The Hall–Kier alpha value is -0.580. The maximum absolute atomic E-state index is 12.8. The third kappa shape index (κ3) is 1.05. The highest BCUT2D eigenvalue weighted by molar-refractivity contribution is 5.85. The first-order valence-corrected chi connectivity index (χ1v) is 4.55. The van der Waals surface area contributed by atoms with Gasteiger partial charge in [0.1, 0.15) is 5.78 Å². The lowest BCUT2D eigenvalue weighted by Gasteiger charge is -2.37. The number of carbonyl (C=O) groups excluding carboxylic acids is 1. The Morgan fingerprint density at radius 2 is 2.14 bits per heavy atom. The summed E-state index contributed by atoms with van der Waals surface area (Å²) < 4.78 is 43.0. The van der Waals surface area contributed by atoms with E-state index >= 15 is 0 Å². The molecule has 0 aliphatic heterocycles. The van der Waals surface area contributed by atoms with Crippen LogP contribution in [0.15, 0.2) is 0 Å². The second-order valence-electron chi connectivity index (χ2n) is 4.10. The molecule has 2 aliphatic rings. The van der Waals surface area contributed by atoms with Gasteiger partial charge in [0.15, 0.2) is 5.60 Å². The fourth-order valence-corrected chi connectivity index (χ4v) is 2.77. The third-order valence-electron chi connectivity index (χ3n) is 3.53. The van der Waals surface area contributed by atoms with E-state index in [0.717, 1.165) is 7.11 Å². The Labute approximate surface area is 79.4 Å². The number of hydrogen-bond acceptors (Lipinski definition) is 2. The van der Waals surface area contributed by atoms with Crippen LogP contribution in [0, 0.1) is 11.8 Å². The smallest absolute Gasteiger partial charge is 0.368 e. The first-order valence-electron chi connectivity index (χ1n) is 4.55. The van der Waals surface area contributed by atoms with Gasteiger partial charge in [0.25, 0.3) is 0 Å². The van der Waals surface area contributed by atoms with Crippen molar-refractivity contribution in [2.45, 2.75) is 31.0 Å². The number of ether oxygens (including phenoxy) is 1. The Morgan fingerprint density at radius 3 is 2.43 bits per heavy atom. The van der Waals surface area contributed by atoms with Gasteiger partial charge in [-0.1, -0.05) is 0 Å². The van der Waals surface area contributed by atoms with E-state index in [2.05, 4.69) is 4.74 Å². The van der Waals surface area contributed by atoms with Crippen LogP contribution >= 0.6 is 0 Å². The molecule has 0 spiro atoms. The summed E-state index contributed by atoms with van der Waals surface area (Å²) in [5.74, 6) is -1.13. The van der Waals surface area contributed by atoms with E-state index in [1.165, 1.54) is 0 Å². The van der Waals surface area contributed by atoms with E-state index in [1.54, 1.807) is 0 Å². The minimum Gasteiger partial charge on any atom is -0.368 e. The molecule has 0 aromatic heterocycles. The molecule has 80 valence electrons. The molecule has 0 amide bonds. The fourth-order valence-electron chi connectivity index (χ4n) is 2.77. The van der Waals surface area contributed by atoms with E-state index < -0.39 is 23.6 Å². The van der Waals surface area contributed by atoms with Gasteiger partial charge in [0.2, 0.25) is 0 Å². The maximum Gasteiger partial charge on any atom is 0.417 e. The second-order valence-corrected chi connectivity index (χ2v) is 4.10. The lowest BCUT2D eigenvalue weighted by atomic mass is 9.83. The predicted octanol–water partition coefficient (Wildman–Crippen LogP) is 1.93. The average Bonchev–Trinajstić information content (AvgIpc) is 2.58. The number of carbonyl (C=O) groups is 1. The highest BCUT2D eigenvalue weighted by atomic mass is 19.4. The minimum atomic E-state index is -4.36. The molecule has 2 rings (SSSR count). The predicted molar refractivity (Wildman–Crippen MR) is 41.6 cm³/mol. The van der Waals surface area contributed by atoms with Crippen molar-refractivity contribution in [3.8, 4) is 0 Å². The standard InChI is InChI=1S/C9H11F3O2/c1-14-8(9(10,11)12)4-5-2-6(8)3-7(5)13/h5-6H,2-4H2,1H3. The van der Waals surface area contributed by atoms with Crippen LogP contribution in [-0.2, 0) is 9.53 Å². The maximum atomic E-state index is 12.8. The molecule has 0 heterocycles. The van der Waals surface area contributed by atoms with Crippen molar-refractivity contribution < 1.29 is 22.7 Å². The Balaban J connectivity index is 2.30. The van der Waals surface area contributed by atoms with E-state index in [-0.39, 0.29) is 18.6 Å². The summed E-state index contributed by atoms with van der Waals surface area (Å²) in [7, 11) is 1.08. The van der Waals surface area contributed by atoms with Crippen LogP contribution < -0.4 is 0 Å². The SMILES string of the molecule is COC1(C(F)(F)F)CC2CC1CC2=O. The highest BCUT2D eigenvalue weighted by Gasteiger charge is 2.68. The monoisotopic (exact) mass is 208 g/mol. The van der Waals surface area contributed by atoms with Gasteiger partial charge in [-0.15, -0.1) is 0 Å². The Kier molecular flexibility index (Phi) is 1.93. The zero-order valence-electron chi connectivity index (χ0n) is 7.73. The molecule has 3 atom stereocenters. The van der Waals surface area contributed by atoms with Crippen molar-refractivity contribution in [2.75, 3.05) is 7.11 Å². The summed E-state index contributed by atoms with van der Waals surface area (Å²) in [6.45, 7) is 0. The average molecular weight is 208 g/mol. The van der Waals surface area contributed by atoms with Crippen molar-refractivity contribution in [1.82, 2.24) is 0 Å². The molecule has 2 fully saturated rings. The van der Waals surface area contributed by atoms with E-state index in [4.69, 9.17) is 0 Å². The number of fused-ring (bicyclic) bond motifs is 2.